The number of carbonyl (C=O) groups is 1. The van der Waals surface area contributed by atoms with Crippen molar-refractivity contribution >= 4 is 13.6 Å². The molecule has 0 fully saturated rings. The molecule has 0 amide bonds. The van der Waals surface area contributed by atoms with Crippen molar-refractivity contribution < 1.29 is 4.79 Å². The van der Waals surface area contributed by atoms with Gasteiger partial charge in [-0.25, -0.2) is 0 Å². The van der Waals surface area contributed by atoms with Crippen molar-refractivity contribution in [2.75, 3.05) is 0 Å². The van der Waals surface area contributed by atoms with Gasteiger partial charge in [0.1, 0.15) is 5.78 Å². The van der Waals surface area contributed by atoms with Gasteiger partial charge in [-0.2, -0.15) is 0 Å². The smallest absolute Gasteiger partial charge is 0.132 e. The molecule has 0 aromatic heterocycles. The first-order valence-electron chi connectivity index (χ1n) is 3.03. The molecule has 8 heavy (non-hydrogen) atoms. The molecule has 0 aliphatic rings. The van der Waals surface area contributed by atoms with Crippen molar-refractivity contribution in [3.63, 3.8) is 0 Å². The van der Waals surface area contributed by atoms with Gasteiger partial charge in [0.25, 0.3) is 0 Å². The van der Waals surface area contributed by atoms with Gasteiger partial charge in [-0.3, -0.25) is 4.79 Å². The number of ketones is 1. The fourth-order valence-electron chi connectivity index (χ4n) is 0.565. The van der Waals surface area contributed by atoms with Crippen LogP contribution < -0.4 is 0 Å². The molecule has 0 saturated heterocycles. The van der Waals surface area contributed by atoms with Crippen LogP contribution in [-0.2, 0) is 4.79 Å². The number of hydrogen-bond donors (Lipinski definition) is 0. The second kappa shape index (κ2) is 4.88. The standard InChI is InChI=1S/C6H11BO/c1-2-3-6(8)4-5-7/h2-5H2,1H3. The van der Waals surface area contributed by atoms with Crippen molar-refractivity contribution in [1.29, 1.82) is 0 Å². The molecule has 44 valence electrons. The Balaban J connectivity index is 3.06. The van der Waals surface area contributed by atoms with E-state index in [1.54, 1.807) is 0 Å². The second-order valence-electron chi connectivity index (χ2n) is 1.83. The maximum Gasteiger partial charge on any atom is 0.132 e. The molecule has 0 aromatic carbocycles. The first-order valence-corrected chi connectivity index (χ1v) is 3.03. The Morgan fingerprint density at radius 3 is 2.50 bits per heavy atom. The third kappa shape index (κ3) is 3.91. The predicted molar refractivity (Wildman–Crippen MR) is 35.1 cm³/mol. The fourth-order valence-corrected chi connectivity index (χ4v) is 0.565. The highest BCUT2D eigenvalue weighted by molar-refractivity contribution is 6.10. The maximum atomic E-state index is 10.6. The van der Waals surface area contributed by atoms with E-state index >= 15 is 0 Å². The van der Waals surface area contributed by atoms with E-state index in [4.69, 9.17) is 7.85 Å². The molecule has 0 aliphatic carbocycles. The molecular formula is C6H11BO. The molecule has 0 aromatic rings. The summed E-state index contributed by atoms with van der Waals surface area (Å²) in [5.41, 5.74) is 0. The van der Waals surface area contributed by atoms with Gasteiger partial charge in [-0.15, -0.1) is 0 Å². The zero-order valence-electron chi connectivity index (χ0n) is 5.31. The van der Waals surface area contributed by atoms with Crippen LogP contribution >= 0.6 is 0 Å². The third-order valence-corrected chi connectivity index (χ3v) is 0.952. The van der Waals surface area contributed by atoms with Crippen LogP contribution in [0.15, 0.2) is 0 Å². The number of rotatable bonds is 4. The number of hydrogen-bond acceptors (Lipinski definition) is 1. The molecule has 0 spiro atoms. The molecule has 0 bridgehead atoms. The van der Waals surface area contributed by atoms with Gasteiger partial charge < -0.3 is 0 Å². The molecule has 0 aliphatic heterocycles. The van der Waals surface area contributed by atoms with Gasteiger partial charge in [0.15, 0.2) is 0 Å². The van der Waals surface area contributed by atoms with Crippen molar-refractivity contribution in [2.45, 2.75) is 32.5 Å². The summed E-state index contributed by atoms with van der Waals surface area (Å²) >= 11 is 0. The van der Waals surface area contributed by atoms with E-state index in [2.05, 4.69) is 0 Å². The highest BCUT2D eigenvalue weighted by atomic mass is 16.1. The Kier molecular flexibility index (Phi) is 4.72. The number of Topliss-reactive ketones (excluding diaryl/α,β-unsaturated/α-hetero) is 1. The van der Waals surface area contributed by atoms with Gasteiger partial charge in [-0.05, 0) is 12.8 Å². The van der Waals surface area contributed by atoms with Crippen LogP contribution in [0.3, 0.4) is 0 Å². The molecule has 0 rings (SSSR count). The monoisotopic (exact) mass is 110 g/mol. The van der Waals surface area contributed by atoms with E-state index in [0.29, 0.717) is 19.2 Å². The van der Waals surface area contributed by atoms with Gasteiger partial charge >= 0.3 is 0 Å². The maximum absolute atomic E-state index is 10.6. The minimum Gasteiger partial charge on any atom is -0.300 e. The van der Waals surface area contributed by atoms with Crippen molar-refractivity contribution in [2.24, 2.45) is 0 Å². The van der Waals surface area contributed by atoms with Crippen LogP contribution in [0.25, 0.3) is 0 Å². The average molecular weight is 110 g/mol. The van der Waals surface area contributed by atoms with E-state index in [0.717, 1.165) is 6.42 Å². The largest absolute Gasteiger partial charge is 0.300 e. The topological polar surface area (TPSA) is 17.1 Å². The first-order chi connectivity index (χ1) is 3.81. The van der Waals surface area contributed by atoms with E-state index in [1.165, 1.54) is 0 Å². The van der Waals surface area contributed by atoms with Gasteiger partial charge in [-0.1, -0.05) is 13.2 Å². The second-order valence-corrected chi connectivity index (χ2v) is 1.83. The zero-order valence-corrected chi connectivity index (χ0v) is 5.31. The SMILES string of the molecule is [B]CCC(=O)CCC. The van der Waals surface area contributed by atoms with Crippen LogP contribution in [0.4, 0.5) is 0 Å². The lowest BCUT2D eigenvalue weighted by Crippen LogP contribution is -1.94. The molecule has 2 heteroatoms. The summed E-state index contributed by atoms with van der Waals surface area (Å²) in [5.74, 6) is 0.287. The quantitative estimate of drug-likeness (QED) is 0.499. The van der Waals surface area contributed by atoms with Crippen LogP contribution in [0, 0.1) is 0 Å². The van der Waals surface area contributed by atoms with Crippen molar-refractivity contribution in [1.82, 2.24) is 0 Å². The third-order valence-electron chi connectivity index (χ3n) is 0.952. The minimum absolute atomic E-state index is 0.287. The molecule has 0 heterocycles. The van der Waals surface area contributed by atoms with Crippen LogP contribution in [0.1, 0.15) is 26.2 Å². The van der Waals surface area contributed by atoms with Crippen LogP contribution in [0.5, 0.6) is 0 Å². The summed E-state index contributed by atoms with van der Waals surface area (Å²) in [7, 11) is 5.14. The summed E-state index contributed by atoms with van der Waals surface area (Å²) in [6.45, 7) is 1.99. The van der Waals surface area contributed by atoms with E-state index < -0.39 is 0 Å². The Morgan fingerprint density at radius 2 is 2.12 bits per heavy atom. The highest BCUT2D eigenvalue weighted by Crippen LogP contribution is 1.95. The Morgan fingerprint density at radius 1 is 1.50 bits per heavy atom. The van der Waals surface area contributed by atoms with Crippen LogP contribution in [-0.4, -0.2) is 13.6 Å². The summed E-state index contributed by atoms with van der Waals surface area (Å²) in [4.78, 5) is 10.6. The summed E-state index contributed by atoms with van der Waals surface area (Å²) < 4.78 is 0. The molecule has 2 radical (unpaired) electrons. The molecule has 1 nitrogen and oxygen atoms in total. The van der Waals surface area contributed by atoms with Crippen LogP contribution in [0.2, 0.25) is 6.32 Å². The summed E-state index contributed by atoms with van der Waals surface area (Å²) in [6.07, 6.45) is 2.68. The number of carbonyl (C=O) groups excluding carboxylic acids is 1. The van der Waals surface area contributed by atoms with Crippen molar-refractivity contribution in [3.8, 4) is 0 Å². The lowest BCUT2D eigenvalue weighted by molar-refractivity contribution is -0.118. The predicted octanol–water partition coefficient (Wildman–Crippen LogP) is 1.33. The Hall–Kier alpha value is -0.265. The molecular weight excluding hydrogens is 98.9 g/mol. The average Bonchev–Trinajstić information content (AvgIpc) is 1.68. The first kappa shape index (κ1) is 7.73. The normalized spacial score (nSPS) is 9.12. The van der Waals surface area contributed by atoms with Crippen molar-refractivity contribution in [3.05, 3.63) is 0 Å². The van der Waals surface area contributed by atoms with Gasteiger partial charge in [0, 0.05) is 6.42 Å². The summed E-state index contributed by atoms with van der Waals surface area (Å²) in [5, 5.41) is 0. The minimum atomic E-state index is 0.287. The fraction of sp³-hybridized carbons (Fsp3) is 0.833. The van der Waals surface area contributed by atoms with E-state index in [1.807, 2.05) is 6.92 Å². The molecule has 0 N–H and O–H groups in total. The Labute approximate surface area is 51.9 Å². The van der Waals surface area contributed by atoms with Gasteiger partial charge in [0.2, 0.25) is 0 Å². The Bertz CT molecular complexity index is 62.9. The van der Waals surface area contributed by atoms with E-state index in [-0.39, 0.29) is 5.78 Å². The van der Waals surface area contributed by atoms with Gasteiger partial charge in [0.05, 0.1) is 7.85 Å². The lowest BCUT2D eigenvalue weighted by Gasteiger charge is -1.91. The lowest BCUT2D eigenvalue weighted by atomic mass is 9.98. The molecule has 0 unspecified atom stereocenters. The summed E-state index contributed by atoms with van der Waals surface area (Å²) in [6, 6.07) is 0. The molecule has 0 atom stereocenters. The molecule has 0 saturated carbocycles. The highest BCUT2D eigenvalue weighted by Gasteiger charge is 1.94. The zero-order chi connectivity index (χ0) is 6.41. The van der Waals surface area contributed by atoms with E-state index in [9.17, 15) is 4.79 Å².